The predicted octanol–water partition coefficient (Wildman–Crippen LogP) is 0.971. The van der Waals surface area contributed by atoms with Crippen LogP contribution in [0.1, 0.15) is 26.2 Å². The van der Waals surface area contributed by atoms with Gasteiger partial charge < -0.3 is 11.1 Å². The van der Waals surface area contributed by atoms with E-state index < -0.39 is 0 Å². The largest absolute Gasteiger partial charge is 0.333 e. The van der Waals surface area contributed by atoms with Crippen molar-refractivity contribution in [3.8, 4) is 0 Å². The lowest BCUT2D eigenvalue weighted by Crippen LogP contribution is -2.18. The molecular weight excluding hydrogens is 124 g/mol. The summed E-state index contributed by atoms with van der Waals surface area (Å²) in [6.45, 7) is 4.79. The van der Waals surface area contributed by atoms with Crippen molar-refractivity contribution in [1.29, 1.82) is 0 Å². The van der Waals surface area contributed by atoms with Crippen molar-refractivity contribution in [3.05, 3.63) is 0 Å². The first-order chi connectivity index (χ1) is 4.89. The highest BCUT2D eigenvalue weighted by Crippen LogP contribution is 2.08. The molecule has 0 aromatic heterocycles. The average Bonchev–Trinajstić information content (AvgIpc) is 2.21. The summed E-state index contributed by atoms with van der Waals surface area (Å²) in [7, 11) is 1.50. The first-order valence-corrected chi connectivity index (χ1v) is 4.18. The molecule has 0 saturated carbocycles. The topological polar surface area (TPSA) is 38.0 Å². The van der Waals surface area contributed by atoms with Gasteiger partial charge in [-0.2, -0.15) is 0 Å². The van der Waals surface area contributed by atoms with Gasteiger partial charge >= 0.3 is 0 Å². The maximum atomic E-state index is 4.50. The van der Waals surface area contributed by atoms with Gasteiger partial charge in [-0.25, -0.2) is 0 Å². The predicted molar refractivity (Wildman–Crippen MR) is 46.0 cm³/mol. The van der Waals surface area contributed by atoms with Crippen molar-refractivity contribution < 1.29 is 0 Å². The van der Waals surface area contributed by atoms with Gasteiger partial charge in [0.05, 0.1) is 0 Å². The molecule has 62 valence electrons. The van der Waals surface area contributed by atoms with E-state index in [1.807, 2.05) is 0 Å². The Morgan fingerprint density at radius 3 is 2.70 bits per heavy atom. The standard InChI is InChI=1S/C7H15N.CH5N/c1-7-4-2-3-5-8-6-7;1-2/h7-8H,2-6H2,1H3;2H2,1H3. The summed E-state index contributed by atoms with van der Waals surface area (Å²) in [6.07, 6.45) is 4.23. The molecule has 0 spiro atoms. The average molecular weight is 144 g/mol. The third-order valence-electron chi connectivity index (χ3n) is 1.79. The highest BCUT2D eigenvalue weighted by molar-refractivity contribution is 4.62. The Morgan fingerprint density at radius 1 is 1.30 bits per heavy atom. The SMILES string of the molecule is CC1CCCCNC1.CN. The van der Waals surface area contributed by atoms with Gasteiger partial charge in [-0.05, 0) is 38.9 Å². The van der Waals surface area contributed by atoms with E-state index in [0.717, 1.165) is 5.92 Å². The van der Waals surface area contributed by atoms with Crippen molar-refractivity contribution in [1.82, 2.24) is 5.32 Å². The number of nitrogens with two attached hydrogens (primary N) is 1. The monoisotopic (exact) mass is 144 g/mol. The van der Waals surface area contributed by atoms with Crippen LogP contribution in [0, 0.1) is 5.92 Å². The van der Waals surface area contributed by atoms with E-state index in [1.54, 1.807) is 0 Å². The van der Waals surface area contributed by atoms with Gasteiger partial charge in [-0.1, -0.05) is 13.3 Å². The van der Waals surface area contributed by atoms with E-state index in [2.05, 4.69) is 18.0 Å². The van der Waals surface area contributed by atoms with Crippen LogP contribution in [0.2, 0.25) is 0 Å². The highest BCUT2D eigenvalue weighted by atomic mass is 14.9. The van der Waals surface area contributed by atoms with Gasteiger partial charge in [0.1, 0.15) is 0 Å². The Bertz CT molecular complexity index is 56.3. The van der Waals surface area contributed by atoms with E-state index in [1.165, 1.54) is 39.4 Å². The molecule has 0 radical (unpaired) electrons. The van der Waals surface area contributed by atoms with E-state index in [-0.39, 0.29) is 0 Å². The zero-order chi connectivity index (χ0) is 7.82. The maximum absolute atomic E-state index is 4.50. The van der Waals surface area contributed by atoms with Crippen molar-refractivity contribution >= 4 is 0 Å². The van der Waals surface area contributed by atoms with Gasteiger partial charge in [-0.3, -0.25) is 0 Å². The van der Waals surface area contributed by atoms with Crippen LogP contribution < -0.4 is 11.1 Å². The van der Waals surface area contributed by atoms with Crippen molar-refractivity contribution in [2.75, 3.05) is 20.1 Å². The van der Waals surface area contributed by atoms with Gasteiger partial charge in [0.15, 0.2) is 0 Å². The Labute approximate surface area is 64.2 Å². The Hall–Kier alpha value is -0.0800. The molecule has 1 saturated heterocycles. The fourth-order valence-corrected chi connectivity index (χ4v) is 1.19. The second-order valence-electron chi connectivity index (χ2n) is 2.81. The number of rotatable bonds is 0. The molecule has 0 bridgehead atoms. The van der Waals surface area contributed by atoms with E-state index in [0.29, 0.717) is 0 Å². The first-order valence-electron chi connectivity index (χ1n) is 4.18. The zero-order valence-electron chi connectivity index (χ0n) is 7.19. The van der Waals surface area contributed by atoms with E-state index >= 15 is 0 Å². The number of hydrogen-bond donors (Lipinski definition) is 2. The minimum atomic E-state index is 0.914. The summed E-state index contributed by atoms with van der Waals surface area (Å²) >= 11 is 0. The summed E-state index contributed by atoms with van der Waals surface area (Å²) in [5.41, 5.74) is 4.50. The third kappa shape index (κ3) is 4.77. The fraction of sp³-hybridized carbons (Fsp3) is 1.00. The quantitative estimate of drug-likeness (QED) is 0.531. The molecule has 2 nitrogen and oxygen atoms in total. The van der Waals surface area contributed by atoms with Crippen LogP contribution in [-0.2, 0) is 0 Å². The van der Waals surface area contributed by atoms with Crippen LogP contribution in [0.25, 0.3) is 0 Å². The minimum Gasteiger partial charge on any atom is -0.333 e. The van der Waals surface area contributed by atoms with Crippen molar-refractivity contribution in [3.63, 3.8) is 0 Å². The minimum absolute atomic E-state index is 0.914. The molecule has 1 aliphatic rings. The van der Waals surface area contributed by atoms with Crippen LogP contribution in [0.15, 0.2) is 0 Å². The molecule has 1 heterocycles. The molecule has 1 fully saturated rings. The summed E-state index contributed by atoms with van der Waals surface area (Å²) in [5, 5.41) is 3.40. The second kappa shape index (κ2) is 7.03. The number of nitrogens with one attached hydrogen (secondary N) is 1. The fourth-order valence-electron chi connectivity index (χ4n) is 1.19. The summed E-state index contributed by atoms with van der Waals surface area (Å²) in [4.78, 5) is 0. The lowest BCUT2D eigenvalue weighted by molar-refractivity contribution is 0.525. The normalized spacial score (nSPS) is 26.1. The van der Waals surface area contributed by atoms with Crippen LogP contribution in [-0.4, -0.2) is 20.1 Å². The molecule has 1 aliphatic heterocycles. The molecule has 2 heteroatoms. The lowest BCUT2D eigenvalue weighted by Gasteiger charge is -2.03. The Kier molecular flexibility index (Phi) is 6.98. The maximum Gasteiger partial charge on any atom is -0.00232 e. The third-order valence-corrected chi connectivity index (χ3v) is 1.79. The van der Waals surface area contributed by atoms with Crippen LogP contribution in [0.3, 0.4) is 0 Å². The molecule has 0 amide bonds. The summed E-state index contributed by atoms with van der Waals surface area (Å²) in [6, 6.07) is 0. The molecule has 3 N–H and O–H groups in total. The van der Waals surface area contributed by atoms with Gasteiger partial charge in [0.2, 0.25) is 0 Å². The van der Waals surface area contributed by atoms with Gasteiger partial charge in [-0.15, -0.1) is 0 Å². The smallest absolute Gasteiger partial charge is 0.00232 e. The van der Waals surface area contributed by atoms with E-state index in [4.69, 9.17) is 0 Å². The Morgan fingerprint density at radius 2 is 2.00 bits per heavy atom. The molecule has 1 atom stereocenters. The van der Waals surface area contributed by atoms with Crippen molar-refractivity contribution in [2.45, 2.75) is 26.2 Å². The second-order valence-corrected chi connectivity index (χ2v) is 2.81. The Balaban J connectivity index is 0.000000371. The van der Waals surface area contributed by atoms with Crippen LogP contribution in [0.4, 0.5) is 0 Å². The van der Waals surface area contributed by atoms with Gasteiger partial charge in [0.25, 0.3) is 0 Å². The first kappa shape index (κ1) is 9.92. The van der Waals surface area contributed by atoms with Crippen molar-refractivity contribution in [2.24, 2.45) is 11.7 Å². The molecule has 0 aliphatic carbocycles. The molecule has 0 aromatic rings. The lowest BCUT2D eigenvalue weighted by atomic mass is 10.1. The molecule has 10 heavy (non-hydrogen) atoms. The van der Waals surface area contributed by atoms with Crippen LogP contribution >= 0.6 is 0 Å². The molecule has 0 aromatic carbocycles. The van der Waals surface area contributed by atoms with E-state index in [9.17, 15) is 0 Å². The van der Waals surface area contributed by atoms with Gasteiger partial charge in [0, 0.05) is 0 Å². The molecular formula is C8H20N2. The summed E-state index contributed by atoms with van der Waals surface area (Å²) in [5.74, 6) is 0.914. The molecule has 1 unspecified atom stereocenters. The summed E-state index contributed by atoms with van der Waals surface area (Å²) < 4.78 is 0. The van der Waals surface area contributed by atoms with Crippen LogP contribution in [0.5, 0.6) is 0 Å². The number of hydrogen-bond acceptors (Lipinski definition) is 2. The zero-order valence-corrected chi connectivity index (χ0v) is 7.19. The molecule has 1 rings (SSSR count). The highest BCUT2D eigenvalue weighted by Gasteiger charge is 2.04.